The smallest absolute Gasteiger partial charge is 0.137 e. The fourth-order valence-electron chi connectivity index (χ4n) is 2.46. The Morgan fingerprint density at radius 3 is 2.79 bits per heavy atom. The summed E-state index contributed by atoms with van der Waals surface area (Å²) in [6.45, 7) is 0. The van der Waals surface area contributed by atoms with Crippen molar-refractivity contribution in [2.75, 3.05) is 5.32 Å². The number of benzene rings is 2. The number of aryl methyl sites for hydroxylation is 1. The van der Waals surface area contributed by atoms with Crippen molar-refractivity contribution in [2.24, 2.45) is 0 Å². The van der Waals surface area contributed by atoms with E-state index in [0.717, 1.165) is 29.7 Å². The highest BCUT2D eigenvalue weighted by molar-refractivity contribution is 9.10. The van der Waals surface area contributed by atoms with Gasteiger partial charge in [0.1, 0.15) is 11.6 Å². The number of fused-ring (bicyclic) bond motifs is 1. The molecule has 0 saturated heterocycles. The Bertz CT molecular complexity index is 628. The third kappa shape index (κ3) is 2.50. The Balaban J connectivity index is 1.92. The summed E-state index contributed by atoms with van der Waals surface area (Å²) in [6.07, 6.45) is 1.62. The van der Waals surface area contributed by atoms with E-state index in [1.54, 1.807) is 24.3 Å². The average Bonchev–Trinajstić information content (AvgIpc) is 2.39. The number of anilines is 1. The van der Waals surface area contributed by atoms with Gasteiger partial charge in [-0.3, -0.25) is 0 Å². The molecule has 1 atom stereocenters. The van der Waals surface area contributed by atoms with Crippen LogP contribution in [0.25, 0.3) is 0 Å². The van der Waals surface area contributed by atoms with Crippen LogP contribution in [0.2, 0.25) is 0 Å². The lowest BCUT2D eigenvalue weighted by atomic mass is 9.93. The van der Waals surface area contributed by atoms with Gasteiger partial charge in [-0.2, -0.15) is 0 Å². The van der Waals surface area contributed by atoms with Gasteiger partial charge in [-0.05, 0) is 64.2 Å². The monoisotopic (exact) mass is 323 g/mol. The molecular weight excluding hydrogens is 312 g/mol. The Morgan fingerprint density at radius 2 is 2.00 bits per heavy atom. The lowest BCUT2D eigenvalue weighted by Crippen LogP contribution is -2.18. The van der Waals surface area contributed by atoms with E-state index in [4.69, 9.17) is 0 Å². The molecule has 19 heavy (non-hydrogen) atoms. The molecule has 2 aromatic rings. The van der Waals surface area contributed by atoms with E-state index < -0.39 is 0 Å². The molecule has 0 spiro atoms. The number of halogens is 3. The zero-order valence-corrected chi connectivity index (χ0v) is 11.7. The molecule has 3 rings (SSSR count). The van der Waals surface area contributed by atoms with E-state index in [9.17, 15) is 8.78 Å². The second-order valence-electron chi connectivity index (χ2n) is 4.71. The van der Waals surface area contributed by atoms with Crippen molar-refractivity contribution in [2.45, 2.75) is 18.9 Å². The highest BCUT2D eigenvalue weighted by Gasteiger charge is 2.20. The third-order valence-corrected chi connectivity index (χ3v) is 4.04. The van der Waals surface area contributed by atoms with E-state index >= 15 is 0 Å². The van der Waals surface area contributed by atoms with Gasteiger partial charge in [0.15, 0.2) is 0 Å². The molecule has 0 aromatic heterocycles. The van der Waals surface area contributed by atoms with Crippen molar-refractivity contribution in [3.63, 3.8) is 0 Å². The standard InChI is InChI=1S/C15H12BrF2N/c16-12-8-15-10(7-13(12)18)4-5-14(19-15)9-2-1-3-11(17)6-9/h1-3,6-8,14,19H,4-5H2. The highest BCUT2D eigenvalue weighted by Crippen LogP contribution is 2.35. The molecule has 1 unspecified atom stereocenters. The van der Waals surface area contributed by atoms with Crippen LogP contribution in [0.4, 0.5) is 14.5 Å². The molecule has 1 nitrogen and oxygen atoms in total. The first kappa shape index (κ1) is 12.6. The third-order valence-electron chi connectivity index (χ3n) is 3.43. The predicted octanol–water partition coefficient (Wildman–Crippen LogP) is 4.83. The van der Waals surface area contributed by atoms with Gasteiger partial charge in [0.05, 0.1) is 10.5 Å². The van der Waals surface area contributed by atoms with Gasteiger partial charge in [0.25, 0.3) is 0 Å². The van der Waals surface area contributed by atoms with Gasteiger partial charge in [-0.25, -0.2) is 8.78 Å². The van der Waals surface area contributed by atoms with Crippen LogP contribution in [0.1, 0.15) is 23.6 Å². The summed E-state index contributed by atoms with van der Waals surface area (Å²) in [5.41, 5.74) is 2.80. The largest absolute Gasteiger partial charge is 0.378 e. The number of nitrogens with one attached hydrogen (secondary N) is 1. The van der Waals surface area contributed by atoms with Gasteiger partial charge in [-0.1, -0.05) is 12.1 Å². The predicted molar refractivity (Wildman–Crippen MR) is 75.2 cm³/mol. The van der Waals surface area contributed by atoms with Gasteiger partial charge in [0.2, 0.25) is 0 Å². The average molecular weight is 324 g/mol. The molecule has 1 aliphatic rings. The first-order chi connectivity index (χ1) is 9.13. The van der Waals surface area contributed by atoms with E-state index in [2.05, 4.69) is 21.2 Å². The molecule has 1 heterocycles. The molecule has 0 amide bonds. The van der Waals surface area contributed by atoms with Crippen LogP contribution in [-0.2, 0) is 6.42 Å². The lowest BCUT2D eigenvalue weighted by molar-refractivity contribution is 0.604. The van der Waals surface area contributed by atoms with Crippen LogP contribution in [0.5, 0.6) is 0 Å². The first-order valence-electron chi connectivity index (χ1n) is 6.13. The molecule has 2 aromatic carbocycles. The quantitative estimate of drug-likeness (QED) is 0.792. The molecule has 1 aliphatic heterocycles. The zero-order chi connectivity index (χ0) is 13.4. The molecule has 0 saturated carbocycles. The maximum atomic E-state index is 13.5. The molecule has 1 N–H and O–H groups in total. The number of rotatable bonds is 1. The van der Waals surface area contributed by atoms with Crippen LogP contribution in [0.15, 0.2) is 40.9 Å². The van der Waals surface area contributed by atoms with E-state index in [0.29, 0.717) is 4.47 Å². The van der Waals surface area contributed by atoms with Crippen LogP contribution >= 0.6 is 15.9 Å². The minimum atomic E-state index is -0.246. The summed E-state index contributed by atoms with van der Waals surface area (Å²) in [5, 5.41) is 3.35. The normalized spacial score (nSPS) is 17.7. The highest BCUT2D eigenvalue weighted by atomic mass is 79.9. The number of hydrogen-bond acceptors (Lipinski definition) is 1. The molecule has 0 bridgehead atoms. The minimum absolute atomic E-state index is 0.0700. The van der Waals surface area contributed by atoms with Crippen molar-refractivity contribution >= 4 is 21.6 Å². The van der Waals surface area contributed by atoms with Crippen molar-refractivity contribution in [3.05, 3.63) is 63.6 Å². The fourth-order valence-corrected chi connectivity index (χ4v) is 2.81. The number of hydrogen-bond donors (Lipinski definition) is 1. The fraction of sp³-hybridized carbons (Fsp3) is 0.200. The maximum Gasteiger partial charge on any atom is 0.137 e. The Hall–Kier alpha value is -1.42. The van der Waals surface area contributed by atoms with Crippen molar-refractivity contribution in [1.82, 2.24) is 0 Å². The topological polar surface area (TPSA) is 12.0 Å². The first-order valence-corrected chi connectivity index (χ1v) is 6.93. The van der Waals surface area contributed by atoms with Gasteiger partial charge in [-0.15, -0.1) is 0 Å². The van der Waals surface area contributed by atoms with Crippen LogP contribution in [0, 0.1) is 11.6 Å². The van der Waals surface area contributed by atoms with Crippen LogP contribution in [0.3, 0.4) is 0 Å². The van der Waals surface area contributed by atoms with Crippen molar-refractivity contribution in [1.29, 1.82) is 0 Å². The van der Waals surface area contributed by atoms with Crippen molar-refractivity contribution in [3.8, 4) is 0 Å². The van der Waals surface area contributed by atoms with E-state index in [1.165, 1.54) is 6.07 Å². The zero-order valence-electron chi connectivity index (χ0n) is 10.1. The molecule has 0 aliphatic carbocycles. The summed E-state index contributed by atoms with van der Waals surface area (Å²) in [7, 11) is 0. The lowest BCUT2D eigenvalue weighted by Gasteiger charge is -2.27. The van der Waals surface area contributed by atoms with Crippen LogP contribution in [-0.4, -0.2) is 0 Å². The van der Waals surface area contributed by atoms with Gasteiger partial charge in [0, 0.05) is 5.69 Å². The Kier molecular flexibility index (Phi) is 3.27. The molecular formula is C15H12BrF2N. The molecule has 0 fully saturated rings. The summed E-state index contributed by atoms with van der Waals surface area (Å²) in [5.74, 6) is -0.477. The maximum absolute atomic E-state index is 13.5. The molecule has 4 heteroatoms. The summed E-state index contributed by atoms with van der Waals surface area (Å²) in [4.78, 5) is 0. The second kappa shape index (κ2) is 4.93. The van der Waals surface area contributed by atoms with Crippen LogP contribution < -0.4 is 5.32 Å². The summed E-state index contributed by atoms with van der Waals surface area (Å²) in [6, 6.07) is 9.96. The minimum Gasteiger partial charge on any atom is -0.378 e. The van der Waals surface area contributed by atoms with E-state index in [-0.39, 0.29) is 17.7 Å². The summed E-state index contributed by atoms with van der Waals surface area (Å²) >= 11 is 3.19. The van der Waals surface area contributed by atoms with E-state index in [1.807, 2.05) is 6.07 Å². The van der Waals surface area contributed by atoms with Crippen molar-refractivity contribution < 1.29 is 8.78 Å². The Labute approximate surface area is 118 Å². The second-order valence-corrected chi connectivity index (χ2v) is 5.57. The summed E-state index contributed by atoms with van der Waals surface area (Å²) < 4.78 is 27.1. The van der Waals surface area contributed by atoms with Gasteiger partial charge >= 0.3 is 0 Å². The SMILES string of the molecule is Fc1cccc(C2CCc3cc(F)c(Br)cc3N2)c1. The molecule has 98 valence electrons. The molecule has 0 radical (unpaired) electrons. The van der Waals surface area contributed by atoms with Gasteiger partial charge < -0.3 is 5.32 Å². The Morgan fingerprint density at radius 1 is 1.16 bits per heavy atom.